The zero-order valence-electron chi connectivity index (χ0n) is 14.0. The summed E-state index contributed by atoms with van der Waals surface area (Å²) >= 11 is 0. The summed E-state index contributed by atoms with van der Waals surface area (Å²) in [5, 5.41) is 4.18. The number of aryl methyl sites for hydroxylation is 1. The molecule has 0 N–H and O–H groups in total. The van der Waals surface area contributed by atoms with E-state index in [1.165, 1.54) is 5.56 Å². The lowest BCUT2D eigenvalue weighted by Gasteiger charge is -2.26. The molecule has 0 unspecified atom stereocenters. The molecule has 5 nitrogen and oxygen atoms in total. The molecule has 0 saturated heterocycles. The van der Waals surface area contributed by atoms with E-state index in [1.54, 1.807) is 4.68 Å². The van der Waals surface area contributed by atoms with Crippen molar-refractivity contribution >= 4 is 5.91 Å². The second kappa shape index (κ2) is 6.44. The Balaban J connectivity index is 1.71. The molecule has 122 valence electrons. The van der Waals surface area contributed by atoms with Gasteiger partial charge in [-0.15, -0.1) is 0 Å². The number of aromatic nitrogens is 2. The molecular weight excluding hydrogens is 290 g/mol. The van der Waals surface area contributed by atoms with Crippen LogP contribution in [-0.4, -0.2) is 33.2 Å². The van der Waals surface area contributed by atoms with Crippen molar-refractivity contribution < 1.29 is 9.53 Å². The number of carbonyl (C=O) groups is 1. The number of benzene rings is 1. The Morgan fingerprint density at radius 1 is 1.39 bits per heavy atom. The normalized spacial score (nSPS) is 13.0. The highest BCUT2D eigenvalue weighted by molar-refractivity contribution is 5.79. The van der Waals surface area contributed by atoms with Gasteiger partial charge in [-0.2, -0.15) is 5.10 Å². The SMILES string of the molecule is CC(C)N(Cc1cnn(C)c1)C(=O)Cc1ccc2c(c1)CCO2. The lowest BCUT2D eigenvalue weighted by atomic mass is 10.1. The maximum atomic E-state index is 12.7. The summed E-state index contributed by atoms with van der Waals surface area (Å²) in [6, 6.07) is 6.22. The first-order valence-electron chi connectivity index (χ1n) is 8.04. The third-order valence-corrected chi connectivity index (χ3v) is 4.16. The molecule has 1 aromatic heterocycles. The quantitative estimate of drug-likeness (QED) is 0.851. The van der Waals surface area contributed by atoms with Gasteiger partial charge in [0.25, 0.3) is 0 Å². The summed E-state index contributed by atoms with van der Waals surface area (Å²) in [6.45, 7) is 5.43. The number of carbonyl (C=O) groups excluding carboxylic acids is 1. The predicted molar refractivity (Wildman–Crippen MR) is 88.2 cm³/mol. The Kier molecular flexibility index (Phi) is 4.37. The largest absolute Gasteiger partial charge is 0.493 e. The predicted octanol–water partition coefficient (Wildman–Crippen LogP) is 2.33. The minimum atomic E-state index is 0.141. The fourth-order valence-corrected chi connectivity index (χ4v) is 2.93. The number of amides is 1. The van der Waals surface area contributed by atoms with Crippen molar-refractivity contribution in [3.8, 4) is 5.75 Å². The molecule has 1 amide bonds. The molecule has 1 aromatic carbocycles. The minimum absolute atomic E-state index is 0.141. The lowest BCUT2D eigenvalue weighted by molar-refractivity contribution is -0.132. The van der Waals surface area contributed by atoms with Crippen molar-refractivity contribution in [1.82, 2.24) is 14.7 Å². The van der Waals surface area contributed by atoms with E-state index in [1.807, 2.05) is 50.3 Å². The van der Waals surface area contributed by atoms with Crippen LogP contribution in [0.3, 0.4) is 0 Å². The molecule has 2 heterocycles. The van der Waals surface area contributed by atoms with E-state index >= 15 is 0 Å². The van der Waals surface area contributed by atoms with Gasteiger partial charge in [-0.05, 0) is 31.0 Å². The zero-order valence-corrected chi connectivity index (χ0v) is 14.0. The van der Waals surface area contributed by atoms with E-state index in [9.17, 15) is 4.79 Å². The molecule has 0 bridgehead atoms. The average Bonchev–Trinajstić information content (AvgIpc) is 3.12. The molecule has 0 saturated carbocycles. The van der Waals surface area contributed by atoms with E-state index in [4.69, 9.17) is 4.74 Å². The Labute approximate surface area is 136 Å². The summed E-state index contributed by atoms with van der Waals surface area (Å²) in [4.78, 5) is 14.6. The fourth-order valence-electron chi connectivity index (χ4n) is 2.93. The molecule has 2 aromatic rings. The first-order valence-corrected chi connectivity index (χ1v) is 8.04. The van der Waals surface area contributed by atoms with E-state index in [0.717, 1.165) is 29.9 Å². The maximum Gasteiger partial charge on any atom is 0.227 e. The van der Waals surface area contributed by atoms with Crippen LogP contribution in [0.5, 0.6) is 5.75 Å². The Morgan fingerprint density at radius 2 is 2.22 bits per heavy atom. The summed E-state index contributed by atoms with van der Waals surface area (Å²) < 4.78 is 7.28. The highest BCUT2D eigenvalue weighted by Crippen LogP contribution is 2.26. The molecule has 0 spiro atoms. The highest BCUT2D eigenvalue weighted by atomic mass is 16.5. The standard InChI is InChI=1S/C18H23N3O2/c1-13(2)21(12-15-10-19-20(3)11-15)18(22)9-14-4-5-17-16(8-14)6-7-23-17/h4-5,8,10-11,13H,6-7,9,12H2,1-3H3. The van der Waals surface area contributed by atoms with E-state index in [-0.39, 0.29) is 11.9 Å². The van der Waals surface area contributed by atoms with Crippen molar-refractivity contribution in [2.75, 3.05) is 6.61 Å². The molecule has 0 fully saturated rings. The van der Waals surface area contributed by atoms with Gasteiger partial charge < -0.3 is 9.64 Å². The van der Waals surface area contributed by atoms with Gasteiger partial charge in [0.15, 0.2) is 0 Å². The molecular formula is C18H23N3O2. The first kappa shape index (κ1) is 15.6. The van der Waals surface area contributed by atoms with Crippen LogP contribution in [0, 0.1) is 0 Å². The molecule has 0 atom stereocenters. The third kappa shape index (κ3) is 3.55. The number of ether oxygens (including phenoxy) is 1. The van der Waals surface area contributed by atoms with Crippen LogP contribution in [0.15, 0.2) is 30.6 Å². The van der Waals surface area contributed by atoms with Gasteiger partial charge in [-0.1, -0.05) is 12.1 Å². The highest BCUT2D eigenvalue weighted by Gasteiger charge is 2.19. The summed E-state index contributed by atoms with van der Waals surface area (Å²) in [5.74, 6) is 1.10. The summed E-state index contributed by atoms with van der Waals surface area (Å²) in [5.41, 5.74) is 3.31. The topological polar surface area (TPSA) is 47.4 Å². The van der Waals surface area contributed by atoms with E-state index in [0.29, 0.717) is 13.0 Å². The van der Waals surface area contributed by atoms with Crippen LogP contribution in [-0.2, 0) is 31.2 Å². The van der Waals surface area contributed by atoms with Gasteiger partial charge >= 0.3 is 0 Å². The minimum Gasteiger partial charge on any atom is -0.493 e. The van der Waals surface area contributed by atoms with Gasteiger partial charge in [-0.3, -0.25) is 9.48 Å². The smallest absolute Gasteiger partial charge is 0.227 e. The monoisotopic (exact) mass is 313 g/mol. The Bertz CT molecular complexity index is 706. The van der Waals surface area contributed by atoms with Crippen molar-refractivity contribution in [3.63, 3.8) is 0 Å². The van der Waals surface area contributed by atoms with Gasteiger partial charge in [0.2, 0.25) is 5.91 Å². The zero-order chi connectivity index (χ0) is 16.4. The number of nitrogens with zero attached hydrogens (tertiary/aromatic N) is 3. The van der Waals surface area contributed by atoms with Crippen molar-refractivity contribution in [3.05, 3.63) is 47.3 Å². The number of hydrogen-bond acceptors (Lipinski definition) is 3. The van der Waals surface area contributed by atoms with Crippen molar-refractivity contribution in [1.29, 1.82) is 0 Å². The maximum absolute atomic E-state index is 12.7. The molecule has 0 aliphatic carbocycles. The fraction of sp³-hybridized carbons (Fsp3) is 0.444. The first-order chi connectivity index (χ1) is 11.0. The lowest BCUT2D eigenvalue weighted by Crippen LogP contribution is -2.37. The van der Waals surface area contributed by atoms with Crippen molar-refractivity contribution in [2.24, 2.45) is 7.05 Å². The number of rotatable bonds is 5. The molecule has 1 aliphatic rings. The second-order valence-corrected chi connectivity index (χ2v) is 6.35. The summed E-state index contributed by atoms with van der Waals surface area (Å²) in [6.07, 6.45) is 5.12. The van der Waals surface area contributed by atoms with Crippen molar-refractivity contribution in [2.45, 2.75) is 39.3 Å². The van der Waals surface area contributed by atoms with Gasteiger partial charge in [0.05, 0.1) is 19.2 Å². The average molecular weight is 313 g/mol. The van der Waals surface area contributed by atoms with E-state index < -0.39 is 0 Å². The third-order valence-electron chi connectivity index (χ3n) is 4.16. The van der Waals surface area contributed by atoms with Crippen LogP contribution in [0.25, 0.3) is 0 Å². The molecule has 3 rings (SSSR count). The van der Waals surface area contributed by atoms with Crippen LogP contribution in [0.1, 0.15) is 30.5 Å². The molecule has 0 radical (unpaired) electrons. The van der Waals surface area contributed by atoms with Crippen LogP contribution < -0.4 is 4.74 Å². The summed E-state index contributed by atoms with van der Waals surface area (Å²) in [7, 11) is 1.89. The Hall–Kier alpha value is -2.30. The van der Waals surface area contributed by atoms with E-state index in [2.05, 4.69) is 11.2 Å². The molecule has 23 heavy (non-hydrogen) atoms. The molecule has 1 aliphatic heterocycles. The van der Waals surface area contributed by atoms with Crippen LogP contribution >= 0.6 is 0 Å². The van der Waals surface area contributed by atoms with Gasteiger partial charge in [-0.25, -0.2) is 0 Å². The Morgan fingerprint density at radius 3 is 2.91 bits per heavy atom. The second-order valence-electron chi connectivity index (χ2n) is 6.35. The van der Waals surface area contributed by atoms with Crippen LogP contribution in [0.4, 0.5) is 0 Å². The van der Waals surface area contributed by atoms with Gasteiger partial charge in [0.1, 0.15) is 5.75 Å². The van der Waals surface area contributed by atoms with Gasteiger partial charge in [0, 0.05) is 37.8 Å². The molecule has 5 heteroatoms. The van der Waals surface area contributed by atoms with Crippen LogP contribution in [0.2, 0.25) is 0 Å². The number of hydrogen-bond donors (Lipinski definition) is 0. The number of fused-ring (bicyclic) bond motifs is 1.